The molecule has 0 fully saturated rings. The maximum Gasteiger partial charge on any atom is 0.202 e. The normalized spacial score (nSPS) is 10.7. The van der Waals surface area contributed by atoms with Crippen LogP contribution < -0.4 is 0 Å². The molecule has 0 amide bonds. The van der Waals surface area contributed by atoms with Crippen molar-refractivity contribution in [2.75, 3.05) is 0 Å². The summed E-state index contributed by atoms with van der Waals surface area (Å²) in [5.74, 6) is -2.38. The van der Waals surface area contributed by atoms with Gasteiger partial charge in [-0.2, -0.15) is 5.10 Å². The first kappa shape index (κ1) is 12.4. The minimum absolute atomic E-state index is 0.240. The standard InChI is InChI=1S/C13H12F2N2O/c1-3-11-8(7-17(2)16-11)13(18)12-9(14)5-4-6-10(12)15/h4-7H,3H2,1-2H3. The van der Waals surface area contributed by atoms with Crippen LogP contribution in [0.25, 0.3) is 0 Å². The Labute approximate surface area is 103 Å². The molecule has 0 aliphatic rings. The van der Waals surface area contributed by atoms with Gasteiger partial charge in [-0.25, -0.2) is 8.78 Å². The van der Waals surface area contributed by atoms with Gasteiger partial charge in [-0.15, -0.1) is 0 Å². The lowest BCUT2D eigenvalue weighted by Crippen LogP contribution is -2.08. The molecule has 0 aliphatic heterocycles. The number of hydrogen-bond acceptors (Lipinski definition) is 2. The average molecular weight is 250 g/mol. The van der Waals surface area contributed by atoms with Gasteiger partial charge in [0.05, 0.1) is 16.8 Å². The highest BCUT2D eigenvalue weighted by Gasteiger charge is 2.22. The predicted molar refractivity (Wildman–Crippen MR) is 62.4 cm³/mol. The lowest BCUT2D eigenvalue weighted by atomic mass is 10.0. The van der Waals surface area contributed by atoms with Crippen molar-refractivity contribution in [1.82, 2.24) is 9.78 Å². The van der Waals surface area contributed by atoms with Crippen molar-refractivity contribution in [3.63, 3.8) is 0 Å². The molecular formula is C13H12F2N2O. The van der Waals surface area contributed by atoms with E-state index in [9.17, 15) is 13.6 Å². The summed E-state index contributed by atoms with van der Waals surface area (Å²) < 4.78 is 28.5. The number of rotatable bonds is 3. The molecule has 0 spiro atoms. The summed E-state index contributed by atoms with van der Waals surface area (Å²) in [7, 11) is 1.66. The summed E-state index contributed by atoms with van der Waals surface area (Å²) in [6.07, 6.45) is 2.00. The van der Waals surface area contributed by atoms with E-state index >= 15 is 0 Å². The van der Waals surface area contributed by atoms with E-state index in [4.69, 9.17) is 0 Å². The fraction of sp³-hybridized carbons (Fsp3) is 0.231. The van der Waals surface area contributed by atoms with Crippen LogP contribution in [0, 0.1) is 11.6 Å². The first-order valence-electron chi connectivity index (χ1n) is 5.55. The van der Waals surface area contributed by atoms with Crippen LogP contribution in [-0.4, -0.2) is 15.6 Å². The Bertz CT molecular complexity index is 585. The van der Waals surface area contributed by atoms with Gasteiger partial charge in [0.25, 0.3) is 0 Å². The van der Waals surface area contributed by atoms with Gasteiger partial charge in [-0.05, 0) is 18.6 Å². The Balaban J connectivity index is 2.54. The van der Waals surface area contributed by atoms with Gasteiger partial charge in [-0.1, -0.05) is 13.0 Å². The summed E-state index contributed by atoms with van der Waals surface area (Å²) in [6, 6.07) is 3.36. The summed E-state index contributed by atoms with van der Waals surface area (Å²) in [5, 5.41) is 4.09. The lowest BCUT2D eigenvalue weighted by Gasteiger charge is -2.03. The second kappa shape index (κ2) is 4.68. The number of hydrogen-bond donors (Lipinski definition) is 0. The zero-order valence-electron chi connectivity index (χ0n) is 10.1. The molecule has 1 aromatic carbocycles. The Morgan fingerprint density at radius 2 is 1.94 bits per heavy atom. The molecule has 2 rings (SSSR count). The van der Waals surface area contributed by atoms with E-state index in [2.05, 4.69) is 5.10 Å². The third kappa shape index (κ3) is 2.03. The van der Waals surface area contributed by atoms with E-state index in [0.717, 1.165) is 12.1 Å². The molecule has 0 atom stereocenters. The molecule has 2 aromatic rings. The number of benzene rings is 1. The molecule has 0 saturated carbocycles. The lowest BCUT2D eigenvalue weighted by molar-refractivity contribution is 0.103. The number of nitrogens with zero attached hydrogens (tertiary/aromatic N) is 2. The largest absolute Gasteiger partial charge is 0.288 e. The number of halogens is 2. The van der Waals surface area contributed by atoms with Crippen molar-refractivity contribution in [2.45, 2.75) is 13.3 Å². The number of aromatic nitrogens is 2. The molecule has 0 N–H and O–H groups in total. The van der Waals surface area contributed by atoms with Crippen molar-refractivity contribution in [3.8, 4) is 0 Å². The third-order valence-corrected chi connectivity index (χ3v) is 2.67. The fourth-order valence-electron chi connectivity index (χ4n) is 1.83. The van der Waals surface area contributed by atoms with Crippen molar-refractivity contribution in [1.29, 1.82) is 0 Å². The SMILES string of the molecule is CCc1nn(C)cc1C(=O)c1c(F)cccc1F. The van der Waals surface area contributed by atoms with Crippen LogP contribution in [-0.2, 0) is 13.5 Å². The molecule has 3 nitrogen and oxygen atoms in total. The average Bonchev–Trinajstić information content (AvgIpc) is 2.70. The van der Waals surface area contributed by atoms with Crippen molar-refractivity contribution < 1.29 is 13.6 Å². The van der Waals surface area contributed by atoms with E-state index in [-0.39, 0.29) is 5.56 Å². The van der Waals surface area contributed by atoms with E-state index in [1.54, 1.807) is 7.05 Å². The number of carbonyl (C=O) groups excluding carboxylic acids is 1. The number of aryl methyl sites for hydroxylation is 2. The molecule has 0 saturated heterocycles. The van der Waals surface area contributed by atoms with Crippen molar-refractivity contribution >= 4 is 5.78 Å². The minimum atomic E-state index is -0.856. The molecular weight excluding hydrogens is 238 g/mol. The molecule has 94 valence electrons. The molecule has 0 aliphatic carbocycles. The van der Waals surface area contributed by atoms with E-state index in [1.807, 2.05) is 6.92 Å². The van der Waals surface area contributed by atoms with Gasteiger partial charge in [0.1, 0.15) is 11.6 Å². The summed E-state index contributed by atoms with van der Waals surface area (Å²) >= 11 is 0. The van der Waals surface area contributed by atoms with Crippen LogP contribution in [0.15, 0.2) is 24.4 Å². The van der Waals surface area contributed by atoms with Crippen LogP contribution in [0.5, 0.6) is 0 Å². The fourth-order valence-corrected chi connectivity index (χ4v) is 1.83. The highest BCUT2D eigenvalue weighted by atomic mass is 19.1. The second-order valence-electron chi connectivity index (χ2n) is 3.94. The zero-order valence-corrected chi connectivity index (χ0v) is 10.1. The van der Waals surface area contributed by atoms with Gasteiger partial charge in [0.2, 0.25) is 5.78 Å². The Hall–Kier alpha value is -2.04. The first-order chi connectivity index (χ1) is 8.54. The summed E-state index contributed by atoms with van der Waals surface area (Å²) in [4.78, 5) is 12.1. The van der Waals surface area contributed by atoms with E-state index in [1.165, 1.54) is 16.9 Å². The minimum Gasteiger partial charge on any atom is -0.288 e. The summed E-state index contributed by atoms with van der Waals surface area (Å²) in [6.45, 7) is 1.83. The molecule has 18 heavy (non-hydrogen) atoms. The van der Waals surface area contributed by atoms with Crippen molar-refractivity contribution in [3.05, 3.63) is 52.9 Å². The van der Waals surface area contributed by atoms with Crippen LogP contribution in [0.1, 0.15) is 28.5 Å². The van der Waals surface area contributed by atoms with Gasteiger partial charge < -0.3 is 0 Å². The Kier molecular flexibility index (Phi) is 3.23. The van der Waals surface area contributed by atoms with Gasteiger partial charge >= 0.3 is 0 Å². The number of ketones is 1. The van der Waals surface area contributed by atoms with Crippen molar-refractivity contribution in [2.24, 2.45) is 7.05 Å². The zero-order chi connectivity index (χ0) is 13.3. The Morgan fingerprint density at radius 1 is 1.33 bits per heavy atom. The van der Waals surface area contributed by atoms with E-state index < -0.39 is 23.0 Å². The molecule has 1 heterocycles. The monoisotopic (exact) mass is 250 g/mol. The van der Waals surface area contributed by atoms with Crippen LogP contribution in [0.4, 0.5) is 8.78 Å². The molecule has 0 radical (unpaired) electrons. The first-order valence-corrected chi connectivity index (χ1v) is 5.55. The van der Waals surface area contributed by atoms with Crippen LogP contribution in [0.3, 0.4) is 0 Å². The predicted octanol–water partition coefficient (Wildman–Crippen LogP) is 2.49. The van der Waals surface area contributed by atoms with Gasteiger partial charge in [0.15, 0.2) is 0 Å². The maximum absolute atomic E-state index is 13.5. The van der Waals surface area contributed by atoms with Gasteiger partial charge in [0, 0.05) is 13.2 Å². The highest BCUT2D eigenvalue weighted by Crippen LogP contribution is 2.19. The highest BCUT2D eigenvalue weighted by molar-refractivity contribution is 6.09. The quantitative estimate of drug-likeness (QED) is 0.784. The molecule has 5 heteroatoms. The summed E-state index contributed by atoms with van der Waals surface area (Å²) in [5.41, 5.74) is 0.245. The number of carbonyl (C=O) groups is 1. The smallest absolute Gasteiger partial charge is 0.202 e. The second-order valence-corrected chi connectivity index (χ2v) is 3.94. The Morgan fingerprint density at radius 3 is 2.50 bits per heavy atom. The molecule has 0 unspecified atom stereocenters. The topological polar surface area (TPSA) is 34.9 Å². The van der Waals surface area contributed by atoms with Crippen LogP contribution >= 0.6 is 0 Å². The van der Waals surface area contributed by atoms with Crippen LogP contribution in [0.2, 0.25) is 0 Å². The van der Waals surface area contributed by atoms with E-state index in [0.29, 0.717) is 12.1 Å². The third-order valence-electron chi connectivity index (χ3n) is 2.67. The molecule has 0 bridgehead atoms. The van der Waals surface area contributed by atoms with Gasteiger partial charge in [-0.3, -0.25) is 9.48 Å². The molecule has 1 aromatic heterocycles. The maximum atomic E-state index is 13.5.